The van der Waals surface area contributed by atoms with E-state index in [2.05, 4.69) is 4.98 Å². The van der Waals surface area contributed by atoms with Crippen LogP contribution < -0.4 is 0 Å². The molecule has 2 aromatic rings. The molecule has 0 bridgehead atoms. The van der Waals surface area contributed by atoms with Crippen LogP contribution in [0.2, 0.25) is 0 Å². The monoisotopic (exact) mass is 231 g/mol. The Balaban J connectivity index is 2.41. The van der Waals surface area contributed by atoms with Gasteiger partial charge in [0, 0.05) is 23.3 Å². The third kappa shape index (κ3) is 2.46. The third-order valence-corrected chi connectivity index (χ3v) is 2.97. The lowest BCUT2D eigenvalue weighted by molar-refractivity contribution is 0.0138. The van der Waals surface area contributed by atoms with E-state index < -0.39 is 12.2 Å². The minimum atomic E-state index is -0.867. The Morgan fingerprint density at radius 3 is 2.71 bits per heavy atom. The molecule has 1 aromatic carbocycles. The minimum absolute atomic E-state index is 0.588. The molecule has 0 aliphatic carbocycles. The topological polar surface area (TPSA) is 53.4 Å². The average molecular weight is 231 g/mol. The van der Waals surface area contributed by atoms with E-state index >= 15 is 0 Å². The summed E-state index contributed by atoms with van der Waals surface area (Å²) in [5.74, 6) is 0. The molecule has 2 rings (SSSR count). The number of rotatable bonds is 4. The van der Waals surface area contributed by atoms with E-state index in [0.29, 0.717) is 12.0 Å². The van der Waals surface area contributed by atoms with Crippen molar-refractivity contribution in [1.29, 1.82) is 0 Å². The van der Waals surface area contributed by atoms with E-state index in [1.54, 1.807) is 12.4 Å². The number of nitrogens with zero attached hydrogens (tertiary/aromatic N) is 1. The predicted octanol–water partition coefficient (Wildman–Crippen LogP) is 2.43. The van der Waals surface area contributed by atoms with Crippen molar-refractivity contribution in [2.45, 2.75) is 32.0 Å². The molecule has 0 spiro atoms. The van der Waals surface area contributed by atoms with Crippen molar-refractivity contribution in [2.24, 2.45) is 0 Å². The zero-order valence-electron chi connectivity index (χ0n) is 9.87. The van der Waals surface area contributed by atoms with Gasteiger partial charge in [0.25, 0.3) is 0 Å². The lowest BCUT2D eigenvalue weighted by Crippen LogP contribution is -2.18. The lowest BCUT2D eigenvalue weighted by atomic mass is 9.98. The van der Waals surface area contributed by atoms with Crippen LogP contribution in [0.5, 0.6) is 0 Å². The van der Waals surface area contributed by atoms with Gasteiger partial charge in [-0.05, 0) is 11.8 Å². The van der Waals surface area contributed by atoms with E-state index in [-0.39, 0.29) is 0 Å². The van der Waals surface area contributed by atoms with E-state index in [1.807, 2.05) is 31.2 Å². The van der Waals surface area contributed by atoms with Gasteiger partial charge < -0.3 is 10.2 Å². The number of hydrogen-bond donors (Lipinski definition) is 2. The Bertz CT molecular complexity index is 493. The summed E-state index contributed by atoms with van der Waals surface area (Å²) in [5, 5.41) is 21.9. The van der Waals surface area contributed by atoms with Crippen LogP contribution in [0.25, 0.3) is 10.8 Å². The SMILES string of the molecule is CCCC(O)C(O)c1cncc2ccccc12. The number of aliphatic hydroxyl groups excluding tert-OH is 2. The highest BCUT2D eigenvalue weighted by Gasteiger charge is 2.19. The Hall–Kier alpha value is -1.45. The summed E-state index contributed by atoms with van der Waals surface area (Å²) >= 11 is 0. The molecule has 0 amide bonds. The summed E-state index contributed by atoms with van der Waals surface area (Å²) in [6, 6.07) is 7.74. The van der Waals surface area contributed by atoms with Crippen LogP contribution in [0.15, 0.2) is 36.7 Å². The van der Waals surface area contributed by atoms with E-state index in [9.17, 15) is 10.2 Å². The second-order valence-electron chi connectivity index (χ2n) is 4.25. The number of hydrogen-bond acceptors (Lipinski definition) is 3. The van der Waals surface area contributed by atoms with Gasteiger partial charge in [-0.1, -0.05) is 37.6 Å². The molecule has 1 aromatic heterocycles. The first-order valence-electron chi connectivity index (χ1n) is 5.92. The highest BCUT2D eigenvalue weighted by atomic mass is 16.3. The van der Waals surface area contributed by atoms with E-state index in [0.717, 1.165) is 17.2 Å². The molecule has 0 radical (unpaired) electrons. The van der Waals surface area contributed by atoms with Crippen molar-refractivity contribution in [3.05, 3.63) is 42.2 Å². The molecule has 0 saturated heterocycles. The second kappa shape index (κ2) is 5.25. The van der Waals surface area contributed by atoms with Gasteiger partial charge >= 0.3 is 0 Å². The largest absolute Gasteiger partial charge is 0.390 e. The van der Waals surface area contributed by atoms with Crippen molar-refractivity contribution < 1.29 is 10.2 Å². The maximum atomic E-state index is 10.1. The predicted molar refractivity (Wildman–Crippen MR) is 67.6 cm³/mol. The molecular weight excluding hydrogens is 214 g/mol. The molecule has 2 unspecified atom stereocenters. The number of fused-ring (bicyclic) bond motifs is 1. The van der Waals surface area contributed by atoms with Crippen LogP contribution in [0.3, 0.4) is 0 Å². The Labute approximate surface area is 101 Å². The maximum Gasteiger partial charge on any atom is 0.107 e. The first-order valence-corrected chi connectivity index (χ1v) is 5.92. The Kier molecular flexibility index (Phi) is 3.71. The molecule has 2 N–H and O–H groups in total. The van der Waals surface area contributed by atoms with Crippen LogP contribution in [0, 0.1) is 0 Å². The summed E-state index contributed by atoms with van der Waals surface area (Å²) in [6.45, 7) is 1.98. The number of aromatic nitrogens is 1. The van der Waals surface area contributed by atoms with Gasteiger partial charge in [-0.2, -0.15) is 0 Å². The van der Waals surface area contributed by atoms with Crippen molar-refractivity contribution >= 4 is 10.8 Å². The molecule has 0 aliphatic rings. The van der Waals surface area contributed by atoms with Gasteiger partial charge in [0.1, 0.15) is 6.10 Å². The van der Waals surface area contributed by atoms with Crippen LogP contribution in [-0.2, 0) is 0 Å². The number of aliphatic hydroxyl groups is 2. The Morgan fingerprint density at radius 1 is 1.18 bits per heavy atom. The van der Waals surface area contributed by atoms with Crippen LogP contribution >= 0.6 is 0 Å². The fourth-order valence-electron chi connectivity index (χ4n) is 2.04. The molecule has 3 heteroatoms. The van der Waals surface area contributed by atoms with Crippen LogP contribution in [0.4, 0.5) is 0 Å². The van der Waals surface area contributed by atoms with Crippen molar-refractivity contribution in [1.82, 2.24) is 4.98 Å². The molecule has 0 saturated carbocycles. The van der Waals surface area contributed by atoms with Gasteiger partial charge in [-0.3, -0.25) is 4.98 Å². The first-order chi connectivity index (χ1) is 8.24. The van der Waals surface area contributed by atoms with Gasteiger partial charge in [0.15, 0.2) is 0 Å². The highest BCUT2D eigenvalue weighted by molar-refractivity contribution is 5.84. The zero-order chi connectivity index (χ0) is 12.3. The quantitative estimate of drug-likeness (QED) is 0.849. The van der Waals surface area contributed by atoms with Crippen molar-refractivity contribution in [3.63, 3.8) is 0 Å². The average Bonchev–Trinajstić information content (AvgIpc) is 2.37. The maximum absolute atomic E-state index is 10.1. The second-order valence-corrected chi connectivity index (χ2v) is 4.25. The van der Waals surface area contributed by atoms with Crippen molar-refractivity contribution in [3.8, 4) is 0 Å². The summed E-state index contributed by atoms with van der Waals surface area (Å²) in [6.07, 6.45) is 3.23. The fraction of sp³-hybridized carbons (Fsp3) is 0.357. The summed E-state index contributed by atoms with van der Waals surface area (Å²) in [5.41, 5.74) is 0.698. The standard InChI is InChI=1S/C14H17NO2/c1-2-5-13(16)14(17)12-9-15-8-10-6-3-4-7-11(10)12/h3-4,6-9,13-14,16-17H,2,5H2,1H3. The van der Waals surface area contributed by atoms with Crippen LogP contribution in [0.1, 0.15) is 31.4 Å². The van der Waals surface area contributed by atoms with Crippen LogP contribution in [-0.4, -0.2) is 21.3 Å². The molecule has 3 nitrogen and oxygen atoms in total. The number of benzene rings is 1. The normalized spacial score (nSPS) is 14.8. The van der Waals surface area contributed by atoms with E-state index in [1.165, 1.54) is 0 Å². The number of pyridine rings is 1. The zero-order valence-corrected chi connectivity index (χ0v) is 9.87. The van der Waals surface area contributed by atoms with E-state index in [4.69, 9.17) is 0 Å². The van der Waals surface area contributed by atoms with Gasteiger partial charge in [-0.15, -0.1) is 0 Å². The van der Waals surface area contributed by atoms with Gasteiger partial charge in [0.05, 0.1) is 6.10 Å². The molecule has 17 heavy (non-hydrogen) atoms. The Morgan fingerprint density at radius 2 is 1.94 bits per heavy atom. The molecular formula is C14H17NO2. The molecule has 2 atom stereocenters. The summed E-state index contributed by atoms with van der Waals surface area (Å²) in [7, 11) is 0. The summed E-state index contributed by atoms with van der Waals surface area (Å²) in [4.78, 5) is 4.11. The minimum Gasteiger partial charge on any atom is -0.390 e. The lowest BCUT2D eigenvalue weighted by Gasteiger charge is -2.18. The van der Waals surface area contributed by atoms with Gasteiger partial charge in [-0.25, -0.2) is 0 Å². The molecule has 0 fully saturated rings. The van der Waals surface area contributed by atoms with Gasteiger partial charge in [0.2, 0.25) is 0 Å². The molecule has 90 valence electrons. The molecule has 1 heterocycles. The highest BCUT2D eigenvalue weighted by Crippen LogP contribution is 2.26. The third-order valence-electron chi connectivity index (χ3n) is 2.97. The summed E-state index contributed by atoms with van der Waals surface area (Å²) < 4.78 is 0. The van der Waals surface area contributed by atoms with Crippen molar-refractivity contribution in [2.75, 3.05) is 0 Å². The first kappa shape index (κ1) is 12.0. The fourth-order valence-corrected chi connectivity index (χ4v) is 2.04. The molecule has 0 aliphatic heterocycles. The smallest absolute Gasteiger partial charge is 0.107 e.